The molecule has 6 heteroatoms. The van der Waals surface area contributed by atoms with E-state index in [9.17, 15) is 9.59 Å². The van der Waals surface area contributed by atoms with E-state index in [0.29, 0.717) is 5.69 Å². The number of benzene rings is 1. The van der Waals surface area contributed by atoms with Crippen molar-refractivity contribution in [3.05, 3.63) is 56.7 Å². The number of hydrogen-bond donors (Lipinski definition) is 1. The van der Waals surface area contributed by atoms with E-state index in [4.69, 9.17) is 0 Å². The lowest BCUT2D eigenvalue weighted by molar-refractivity contribution is -0.116. The number of nitrogens with zero attached hydrogens (tertiary/aromatic N) is 2. The summed E-state index contributed by atoms with van der Waals surface area (Å²) in [6.45, 7) is -0.0187. The second-order valence-electron chi connectivity index (χ2n) is 5.37. The van der Waals surface area contributed by atoms with Gasteiger partial charge in [-0.1, -0.05) is 15.9 Å². The fraction of sp³-hybridized carbons (Fsp3) is 0.312. The highest BCUT2D eigenvalue weighted by Gasteiger charge is 2.16. The molecule has 1 N–H and O–H groups in total. The first-order valence-electron chi connectivity index (χ1n) is 7.26. The van der Waals surface area contributed by atoms with Gasteiger partial charge >= 0.3 is 0 Å². The summed E-state index contributed by atoms with van der Waals surface area (Å²) in [5.74, 6) is -0.234. The Balaban J connectivity index is 1.74. The van der Waals surface area contributed by atoms with Crippen molar-refractivity contribution in [1.29, 1.82) is 0 Å². The van der Waals surface area contributed by atoms with Crippen LogP contribution in [0.25, 0.3) is 0 Å². The molecule has 5 nitrogen and oxygen atoms in total. The summed E-state index contributed by atoms with van der Waals surface area (Å²) < 4.78 is 2.33. The Kier molecular flexibility index (Phi) is 4.38. The highest BCUT2D eigenvalue weighted by molar-refractivity contribution is 9.10. The summed E-state index contributed by atoms with van der Waals surface area (Å²) in [4.78, 5) is 28.8. The molecule has 0 unspecified atom stereocenters. The van der Waals surface area contributed by atoms with Crippen LogP contribution in [0.3, 0.4) is 0 Å². The van der Waals surface area contributed by atoms with Gasteiger partial charge in [-0.05, 0) is 49.9 Å². The largest absolute Gasteiger partial charge is 0.325 e. The van der Waals surface area contributed by atoms with E-state index in [0.717, 1.165) is 41.4 Å². The molecule has 0 aliphatic heterocycles. The second-order valence-corrected chi connectivity index (χ2v) is 6.28. The van der Waals surface area contributed by atoms with E-state index in [1.165, 1.54) is 10.9 Å². The second kappa shape index (κ2) is 6.44. The van der Waals surface area contributed by atoms with Crippen LogP contribution in [-0.4, -0.2) is 15.5 Å². The topological polar surface area (TPSA) is 64.0 Å². The number of carbonyl (C=O) groups excluding carboxylic acids is 1. The van der Waals surface area contributed by atoms with Crippen molar-refractivity contribution in [2.45, 2.75) is 32.2 Å². The summed E-state index contributed by atoms with van der Waals surface area (Å²) in [6.07, 6.45) is 5.19. The van der Waals surface area contributed by atoms with Crippen LogP contribution < -0.4 is 10.9 Å². The molecular weight excluding hydrogens is 346 g/mol. The normalized spacial score (nSPS) is 13.5. The number of nitrogens with one attached hydrogen (secondary N) is 1. The molecule has 0 saturated carbocycles. The van der Waals surface area contributed by atoms with Crippen molar-refractivity contribution in [3.8, 4) is 0 Å². The zero-order chi connectivity index (χ0) is 15.5. The standard InChI is InChI=1S/C16H16BrN3O2/c17-11-5-7-12(8-6-11)19-15(21)9-20-10-18-14-4-2-1-3-13(14)16(20)22/h5-8,10H,1-4,9H2,(H,19,21). The third kappa shape index (κ3) is 3.27. The molecule has 1 aromatic carbocycles. The van der Waals surface area contributed by atoms with E-state index in [-0.39, 0.29) is 18.0 Å². The average Bonchev–Trinajstić information content (AvgIpc) is 2.53. The predicted octanol–water partition coefficient (Wildman–Crippen LogP) is 2.52. The van der Waals surface area contributed by atoms with E-state index in [1.54, 1.807) is 12.1 Å². The monoisotopic (exact) mass is 361 g/mol. The molecular formula is C16H16BrN3O2. The van der Waals surface area contributed by atoms with Gasteiger partial charge in [0.25, 0.3) is 5.56 Å². The number of rotatable bonds is 3. The minimum atomic E-state index is -0.234. The molecule has 1 aliphatic rings. The van der Waals surface area contributed by atoms with Gasteiger partial charge in [-0.15, -0.1) is 0 Å². The number of hydrogen-bond acceptors (Lipinski definition) is 3. The number of aryl methyl sites for hydroxylation is 1. The number of halogens is 1. The lowest BCUT2D eigenvalue weighted by atomic mass is 9.97. The molecule has 1 aliphatic carbocycles. The molecule has 1 amide bonds. The first-order chi connectivity index (χ1) is 10.6. The zero-order valence-corrected chi connectivity index (χ0v) is 13.6. The summed E-state index contributed by atoms with van der Waals surface area (Å²) in [7, 11) is 0. The van der Waals surface area contributed by atoms with E-state index in [2.05, 4.69) is 26.2 Å². The van der Waals surface area contributed by atoms with Gasteiger partial charge in [-0.3, -0.25) is 14.2 Å². The molecule has 0 radical (unpaired) electrons. The fourth-order valence-corrected chi connectivity index (χ4v) is 2.89. The van der Waals surface area contributed by atoms with Crippen molar-refractivity contribution >= 4 is 27.5 Å². The smallest absolute Gasteiger partial charge is 0.257 e. The number of amides is 1. The Bertz CT molecular complexity index is 753. The van der Waals surface area contributed by atoms with Crippen LogP contribution in [0, 0.1) is 0 Å². The minimum Gasteiger partial charge on any atom is -0.325 e. The number of aromatic nitrogens is 2. The van der Waals surface area contributed by atoms with Gasteiger partial charge in [0.15, 0.2) is 0 Å². The van der Waals surface area contributed by atoms with Gasteiger partial charge in [0.2, 0.25) is 5.91 Å². The quantitative estimate of drug-likeness (QED) is 0.913. The third-order valence-corrected chi connectivity index (χ3v) is 4.28. The van der Waals surface area contributed by atoms with E-state index < -0.39 is 0 Å². The maximum atomic E-state index is 12.4. The number of fused-ring (bicyclic) bond motifs is 1. The lowest BCUT2D eigenvalue weighted by Gasteiger charge is -2.15. The highest BCUT2D eigenvalue weighted by Crippen LogP contribution is 2.16. The maximum Gasteiger partial charge on any atom is 0.257 e. The van der Waals surface area contributed by atoms with Crippen LogP contribution in [0.4, 0.5) is 5.69 Å². The Hall–Kier alpha value is -1.95. The van der Waals surface area contributed by atoms with E-state index >= 15 is 0 Å². The molecule has 0 bridgehead atoms. The van der Waals surface area contributed by atoms with Crippen molar-refractivity contribution in [3.63, 3.8) is 0 Å². The van der Waals surface area contributed by atoms with E-state index in [1.807, 2.05) is 12.1 Å². The first kappa shape index (κ1) is 15.0. The first-order valence-corrected chi connectivity index (χ1v) is 8.05. The molecule has 0 spiro atoms. The minimum absolute atomic E-state index is 0.0187. The molecule has 3 rings (SSSR count). The van der Waals surface area contributed by atoms with Crippen LogP contribution in [-0.2, 0) is 24.2 Å². The average molecular weight is 362 g/mol. The summed E-state index contributed by atoms with van der Waals surface area (Å²) in [6, 6.07) is 7.30. The number of anilines is 1. The maximum absolute atomic E-state index is 12.4. The van der Waals surface area contributed by atoms with Gasteiger partial charge in [0, 0.05) is 15.7 Å². The molecule has 2 aromatic rings. The van der Waals surface area contributed by atoms with Crippen molar-refractivity contribution in [2.75, 3.05) is 5.32 Å². The summed E-state index contributed by atoms with van der Waals surface area (Å²) in [5.41, 5.74) is 2.27. The van der Waals surface area contributed by atoms with Crippen LogP contribution in [0.15, 0.2) is 39.9 Å². The SMILES string of the molecule is O=C(Cn1cnc2c(c1=O)CCCC2)Nc1ccc(Br)cc1. The van der Waals surface area contributed by atoms with Gasteiger partial charge < -0.3 is 5.32 Å². The Morgan fingerprint density at radius 1 is 1.23 bits per heavy atom. The van der Waals surface area contributed by atoms with Gasteiger partial charge in [0.1, 0.15) is 6.54 Å². The van der Waals surface area contributed by atoms with Crippen LogP contribution in [0.5, 0.6) is 0 Å². The summed E-state index contributed by atoms with van der Waals surface area (Å²) >= 11 is 3.34. The molecule has 22 heavy (non-hydrogen) atoms. The van der Waals surface area contributed by atoms with Crippen LogP contribution in [0.1, 0.15) is 24.1 Å². The van der Waals surface area contributed by atoms with Crippen LogP contribution >= 0.6 is 15.9 Å². The molecule has 0 fully saturated rings. The molecule has 114 valence electrons. The van der Waals surface area contributed by atoms with Crippen molar-refractivity contribution < 1.29 is 4.79 Å². The molecule has 0 saturated heterocycles. The van der Waals surface area contributed by atoms with Gasteiger partial charge in [0.05, 0.1) is 12.0 Å². The van der Waals surface area contributed by atoms with Crippen molar-refractivity contribution in [2.24, 2.45) is 0 Å². The predicted molar refractivity (Wildman–Crippen MR) is 87.9 cm³/mol. The van der Waals surface area contributed by atoms with Crippen molar-refractivity contribution in [1.82, 2.24) is 9.55 Å². The third-order valence-electron chi connectivity index (χ3n) is 3.75. The van der Waals surface area contributed by atoms with Gasteiger partial charge in [-0.25, -0.2) is 4.98 Å². The summed E-state index contributed by atoms with van der Waals surface area (Å²) in [5, 5.41) is 2.78. The Morgan fingerprint density at radius 3 is 2.73 bits per heavy atom. The zero-order valence-electron chi connectivity index (χ0n) is 12.0. The molecule has 1 heterocycles. The molecule has 0 atom stereocenters. The number of carbonyl (C=O) groups is 1. The molecule has 1 aromatic heterocycles. The Morgan fingerprint density at radius 2 is 1.95 bits per heavy atom. The fourth-order valence-electron chi connectivity index (χ4n) is 2.63. The lowest BCUT2D eigenvalue weighted by Crippen LogP contribution is -2.32. The highest BCUT2D eigenvalue weighted by atomic mass is 79.9. The Labute approximate surface area is 136 Å². The van der Waals surface area contributed by atoms with Crippen LogP contribution in [0.2, 0.25) is 0 Å². The van der Waals surface area contributed by atoms with Gasteiger partial charge in [-0.2, -0.15) is 0 Å².